The summed E-state index contributed by atoms with van der Waals surface area (Å²) in [6.07, 6.45) is 1.60. The number of nitrogens with one attached hydrogen (secondary N) is 1. The average molecular weight is 291 g/mol. The maximum atomic E-state index is 11.8. The van der Waals surface area contributed by atoms with Gasteiger partial charge in [0.2, 0.25) is 0 Å². The highest BCUT2D eigenvalue weighted by Gasteiger charge is 2.08. The number of rotatable bonds is 5. The van der Waals surface area contributed by atoms with E-state index in [1.165, 1.54) is 4.68 Å². The first-order valence-corrected chi connectivity index (χ1v) is 5.54. The first-order chi connectivity index (χ1) is 7.56. The molecular formula is C9H15BrN4O2. The molecule has 1 rings (SSSR count). The molecule has 0 unspecified atom stereocenters. The van der Waals surface area contributed by atoms with E-state index in [0.717, 1.165) is 0 Å². The Labute approximate surface area is 102 Å². The largest absolute Gasteiger partial charge is 0.383 e. The molecule has 6 nitrogen and oxygen atoms in total. The standard InChI is InChI=1S/C9H15BrN4O2/c1-13(2)12-7-6-11-14(4-5-16-3)9(15)8(7)10/h6,12H,4-5H2,1-3H3. The van der Waals surface area contributed by atoms with Crippen molar-refractivity contribution in [3.8, 4) is 0 Å². The molecule has 0 saturated heterocycles. The van der Waals surface area contributed by atoms with E-state index in [4.69, 9.17) is 4.74 Å². The number of methoxy groups -OCH3 is 1. The Morgan fingerprint density at radius 2 is 2.31 bits per heavy atom. The van der Waals surface area contributed by atoms with Crippen LogP contribution in [0, 0.1) is 0 Å². The van der Waals surface area contributed by atoms with Crippen molar-refractivity contribution < 1.29 is 4.74 Å². The van der Waals surface area contributed by atoms with Crippen LogP contribution in [0.4, 0.5) is 5.69 Å². The second kappa shape index (κ2) is 5.97. The molecule has 0 spiro atoms. The van der Waals surface area contributed by atoms with Gasteiger partial charge in [-0.2, -0.15) is 5.10 Å². The van der Waals surface area contributed by atoms with Crippen molar-refractivity contribution in [1.82, 2.24) is 14.8 Å². The molecule has 1 aromatic heterocycles. The van der Waals surface area contributed by atoms with Gasteiger partial charge in [0.05, 0.1) is 25.0 Å². The molecule has 0 saturated carbocycles. The molecule has 16 heavy (non-hydrogen) atoms. The zero-order chi connectivity index (χ0) is 12.1. The van der Waals surface area contributed by atoms with Crippen molar-refractivity contribution in [3.63, 3.8) is 0 Å². The van der Waals surface area contributed by atoms with E-state index < -0.39 is 0 Å². The monoisotopic (exact) mass is 290 g/mol. The molecule has 0 bridgehead atoms. The minimum Gasteiger partial charge on any atom is -0.383 e. The summed E-state index contributed by atoms with van der Waals surface area (Å²) in [4.78, 5) is 11.8. The predicted molar refractivity (Wildman–Crippen MR) is 65.4 cm³/mol. The summed E-state index contributed by atoms with van der Waals surface area (Å²) in [7, 11) is 5.26. The Hall–Kier alpha value is -0.920. The van der Waals surface area contributed by atoms with Crippen molar-refractivity contribution in [2.24, 2.45) is 0 Å². The molecule has 0 aliphatic rings. The zero-order valence-electron chi connectivity index (χ0n) is 9.53. The summed E-state index contributed by atoms with van der Waals surface area (Å²) in [5.74, 6) is 0. The second-order valence-corrected chi connectivity index (χ2v) is 4.19. The van der Waals surface area contributed by atoms with E-state index in [1.54, 1.807) is 18.3 Å². The summed E-state index contributed by atoms with van der Waals surface area (Å²) in [5.41, 5.74) is 3.44. The number of hydrazine groups is 1. The van der Waals surface area contributed by atoms with E-state index in [0.29, 0.717) is 23.3 Å². The number of hydrogen-bond donors (Lipinski definition) is 1. The molecule has 90 valence electrons. The van der Waals surface area contributed by atoms with Gasteiger partial charge in [0.25, 0.3) is 5.56 Å². The van der Waals surface area contributed by atoms with Gasteiger partial charge < -0.3 is 10.2 Å². The quantitative estimate of drug-likeness (QED) is 0.802. The maximum absolute atomic E-state index is 11.8. The molecule has 0 atom stereocenters. The first-order valence-electron chi connectivity index (χ1n) is 4.74. The van der Waals surface area contributed by atoms with E-state index in [9.17, 15) is 4.79 Å². The lowest BCUT2D eigenvalue weighted by molar-refractivity contribution is 0.181. The predicted octanol–water partition coefficient (Wildman–Crippen LogP) is 0.541. The fraction of sp³-hybridized carbons (Fsp3) is 0.556. The van der Waals surface area contributed by atoms with E-state index in [-0.39, 0.29) is 5.56 Å². The molecule has 7 heteroatoms. The molecular weight excluding hydrogens is 276 g/mol. The molecule has 1 heterocycles. The maximum Gasteiger partial charge on any atom is 0.283 e. The highest BCUT2D eigenvalue weighted by Crippen LogP contribution is 2.15. The Balaban J connectivity index is 2.94. The van der Waals surface area contributed by atoms with Gasteiger partial charge in [-0.15, -0.1) is 0 Å². The second-order valence-electron chi connectivity index (χ2n) is 3.40. The van der Waals surface area contributed by atoms with E-state index >= 15 is 0 Å². The smallest absolute Gasteiger partial charge is 0.283 e. The van der Waals surface area contributed by atoms with Gasteiger partial charge in [0.1, 0.15) is 4.47 Å². The third-order valence-electron chi connectivity index (χ3n) is 1.84. The van der Waals surface area contributed by atoms with Crippen LogP contribution in [0.5, 0.6) is 0 Å². The fourth-order valence-corrected chi connectivity index (χ4v) is 1.52. The summed E-state index contributed by atoms with van der Waals surface area (Å²) in [6.45, 7) is 0.899. The highest BCUT2D eigenvalue weighted by atomic mass is 79.9. The van der Waals surface area contributed by atoms with Gasteiger partial charge in [-0.3, -0.25) is 4.79 Å². The number of halogens is 1. The Bertz CT molecular complexity index is 405. The average Bonchev–Trinajstić information content (AvgIpc) is 2.23. The van der Waals surface area contributed by atoms with Crippen LogP contribution < -0.4 is 11.0 Å². The van der Waals surface area contributed by atoms with Crippen LogP contribution in [0.25, 0.3) is 0 Å². The van der Waals surface area contributed by atoms with Crippen LogP contribution in [0.1, 0.15) is 0 Å². The van der Waals surface area contributed by atoms with Crippen LogP contribution in [0.2, 0.25) is 0 Å². The fourth-order valence-electron chi connectivity index (χ4n) is 1.12. The Kier molecular flexibility index (Phi) is 4.91. The Morgan fingerprint density at radius 1 is 1.62 bits per heavy atom. The lowest BCUT2D eigenvalue weighted by Crippen LogP contribution is -2.28. The molecule has 0 aliphatic heterocycles. The third-order valence-corrected chi connectivity index (χ3v) is 2.60. The molecule has 1 N–H and O–H groups in total. The van der Waals surface area contributed by atoms with Crippen molar-refractivity contribution >= 4 is 21.6 Å². The number of ether oxygens (including phenoxy) is 1. The zero-order valence-corrected chi connectivity index (χ0v) is 11.1. The molecule has 1 aromatic rings. The van der Waals surface area contributed by atoms with Crippen LogP contribution in [-0.2, 0) is 11.3 Å². The topological polar surface area (TPSA) is 59.4 Å². The van der Waals surface area contributed by atoms with Crippen LogP contribution in [0.15, 0.2) is 15.5 Å². The first kappa shape index (κ1) is 13.1. The van der Waals surface area contributed by atoms with Gasteiger partial charge in [0.15, 0.2) is 0 Å². The highest BCUT2D eigenvalue weighted by molar-refractivity contribution is 9.10. The summed E-state index contributed by atoms with van der Waals surface area (Å²) >= 11 is 3.25. The van der Waals surface area contributed by atoms with E-state index in [1.807, 2.05) is 14.1 Å². The Morgan fingerprint density at radius 3 is 2.88 bits per heavy atom. The minimum absolute atomic E-state index is 0.177. The molecule has 0 fully saturated rings. The van der Waals surface area contributed by atoms with Crippen LogP contribution in [-0.4, -0.2) is 42.6 Å². The van der Waals surface area contributed by atoms with Gasteiger partial charge in [-0.25, -0.2) is 9.69 Å². The van der Waals surface area contributed by atoms with Crippen LogP contribution in [0.3, 0.4) is 0 Å². The van der Waals surface area contributed by atoms with Crippen molar-refractivity contribution in [1.29, 1.82) is 0 Å². The van der Waals surface area contributed by atoms with Gasteiger partial charge in [-0.05, 0) is 15.9 Å². The van der Waals surface area contributed by atoms with Crippen molar-refractivity contribution in [3.05, 3.63) is 21.0 Å². The SMILES string of the molecule is COCCn1ncc(NN(C)C)c(Br)c1=O. The number of nitrogens with zero attached hydrogens (tertiary/aromatic N) is 3. The summed E-state index contributed by atoms with van der Waals surface area (Å²) < 4.78 is 6.72. The number of anilines is 1. The van der Waals surface area contributed by atoms with Crippen molar-refractivity contribution in [2.45, 2.75) is 6.54 Å². The normalized spacial score (nSPS) is 10.8. The molecule has 0 aromatic carbocycles. The van der Waals surface area contributed by atoms with Gasteiger partial charge >= 0.3 is 0 Å². The number of aromatic nitrogens is 2. The minimum atomic E-state index is -0.177. The van der Waals surface area contributed by atoms with Gasteiger partial charge in [-0.1, -0.05) is 0 Å². The van der Waals surface area contributed by atoms with Crippen LogP contribution >= 0.6 is 15.9 Å². The summed E-state index contributed by atoms with van der Waals surface area (Å²) in [5, 5.41) is 5.77. The molecule has 0 aliphatic carbocycles. The van der Waals surface area contributed by atoms with E-state index in [2.05, 4.69) is 26.5 Å². The summed E-state index contributed by atoms with van der Waals surface area (Å²) in [6, 6.07) is 0. The molecule has 0 amide bonds. The van der Waals surface area contributed by atoms with Crippen molar-refractivity contribution in [2.75, 3.05) is 33.2 Å². The lowest BCUT2D eigenvalue weighted by atomic mass is 10.5. The molecule has 0 radical (unpaired) electrons. The third kappa shape index (κ3) is 3.29. The van der Waals surface area contributed by atoms with Gasteiger partial charge in [0, 0.05) is 21.2 Å². The lowest BCUT2D eigenvalue weighted by Gasteiger charge is -2.15. The number of hydrogen-bond acceptors (Lipinski definition) is 5.